The molecule has 2 amide bonds. The zero-order chi connectivity index (χ0) is 21.8. The van der Waals surface area contributed by atoms with Crippen LogP contribution in [0.1, 0.15) is 23.2 Å². The van der Waals surface area contributed by atoms with Gasteiger partial charge in [-0.25, -0.2) is 14.4 Å². The van der Waals surface area contributed by atoms with Crippen molar-refractivity contribution in [2.24, 2.45) is 0 Å². The highest BCUT2D eigenvalue weighted by atomic mass is 19.1. The van der Waals surface area contributed by atoms with E-state index >= 15 is 0 Å². The Balaban J connectivity index is 1.41. The third kappa shape index (κ3) is 4.85. The van der Waals surface area contributed by atoms with E-state index in [0.29, 0.717) is 41.2 Å². The van der Waals surface area contributed by atoms with E-state index in [9.17, 15) is 14.0 Å². The minimum atomic E-state index is -0.325. The molecule has 2 heterocycles. The van der Waals surface area contributed by atoms with Crippen LogP contribution in [0.15, 0.2) is 61.3 Å². The summed E-state index contributed by atoms with van der Waals surface area (Å²) in [6.07, 6.45) is 4.53. The van der Waals surface area contributed by atoms with E-state index in [0.717, 1.165) is 12.8 Å². The van der Waals surface area contributed by atoms with Crippen LogP contribution in [0.2, 0.25) is 0 Å². The van der Waals surface area contributed by atoms with Gasteiger partial charge in [0.25, 0.3) is 5.91 Å². The lowest BCUT2D eigenvalue weighted by molar-refractivity contribution is -0.111. The summed E-state index contributed by atoms with van der Waals surface area (Å²) in [4.78, 5) is 34.8. The molecule has 158 valence electrons. The number of carbonyl (C=O) groups excluding carboxylic acids is 2. The fourth-order valence-corrected chi connectivity index (χ4v) is 3.61. The van der Waals surface area contributed by atoms with E-state index in [4.69, 9.17) is 0 Å². The first kappa shape index (κ1) is 20.5. The van der Waals surface area contributed by atoms with Crippen LogP contribution in [0.3, 0.4) is 0 Å². The number of hydrogen-bond acceptors (Lipinski definition) is 5. The maximum Gasteiger partial charge on any atom is 0.253 e. The van der Waals surface area contributed by atoms with E-state index in [1.807, 2.05) is 0 Å². The average molecular weight is 419 g/mol. The highest BCUT2D eigenvalue weighted by Crippen LogP contribution is 2.19. The van der Waals surface area contributed by atoms with Gasteiger partial charge in [-0.1, -0.05) is 6.58 Å². The molecule has 2 N–H and O–H groups in total. The molecule has 1 saturated heterocycles. The first-order valence-electron chi connectivity index (χ1n) is 10.0. The number of halogens is 1. The molecule has 1 aromatic heterocycles. The number of hydrogen-bond donors (Lipinski definition) is 2. The van der Waals surface area contributed by atoms with Gasteiger partial charge in [0.2, 0.25) is 11.9 Å². The second-order valence-electron chi connectivity index (χ2n) is 7.40. The van der Waals surface area contributed by atoms with Crippen LogP contribution in [0, 0.1) is 5.82 Å². The highest BCUT2D eigenvalue weighted by molar-refractivity contribution is 5.99. The van der Waals surface area contributed by atoms with Crippen LogP contribution in [-0.4, -0.2) is 45.8 Å². The third-order valence-electron chi connectivity index (χ3n) is 5.17. The largest absolute Gasteiger partial charge is 0.350 e. The molecule has 0 aliphatic carbocycles. The molecule has 1 aliphatic heterocycles. The Bertz CT molecular complexity index is 1130. The normalized spacial score (nSPS) is 16.0. The molecule has 3 aromatic rings. The fourth-order valence-electron chi connectivity index (χ4n) is 3.61. The molecule has 8 heteroatoms. The number of fused-ring (bicyclic) bond motifs is 1. The molecule has 1 aliphatic rings. The number of benzene rings is 2. The lowest BCUT2D eigenvalue weighted by atomic mass is 10.0. The van der Waals surface area contributed by atoms with Crippen molar-refractivity contribution in [1.29, 1.82) is 0 Å². The van der Waals surface area contributed by atoms with Gasteiger partial charge < -0.3 is 15.5 Å². The van der Waals surface area contributed by atoms with Crippen molar-refractivity contribution in [3.63, 3.8) is 0 Å². The number of aromatic nitrogens is 2. The second kappa shape index (κ2) is 8.91. The maximum absolute atomic E-state index is 13.3. The molecule has 7 nitrogen and oxygen atoms in total. The standard InChI is InChI=1S/C23H22FN5O2/c1-2-21(30)26-18-8-5-15(6-9-18)22(31)29-11-3-4-19(14-29)27-23-25-13-16-12-17(24)7-10-20(16)28-23/h2,5-10,12-13,19H,1,3-4,11,14H2,(H,26,30)(H,25,27,28). The summed E-state index contributed by atoms with van der Waals surface area (Å²) < 4.78 is 13.3. The molecular formula is C23H22FN5O2. The van der Waals surface area contributed by atoms with Gasteiger partial charge in [0.05, 0.1) is 5.52 Å². The first-order chi connectivity index (χ1) is 15.0. The highest BCUT2D eigenvalue weighted by Gasteiger charge is 2.25. The predicted octanol–water partition coefficient (Wildman–Crippen LogP) is 3.61. The molecule has 0 spiro atoms. The Labute approximate surface area is 179 Å². The summed E-state index contributed by atoms with van der Waals surface area (Å²) in [6, 6.07) is 11.2. The lowest BCUT2D eigenvalue weighted by Gasteiger charge is -2.33. The minimum Gasteiger partial charge on any atom is -0.350 e. The van der Waals surface area contributed by atoms with Gasteiger partial charge in [-0.15, -0.1) is 0 Å². The predicted molar refractivity (Wildman–Crippen MR) is 117 cm³/mol. The van der Waals surface area contributed by atoms with Crippen LogP contribution < -0.4 is 10.6 Å². The molecule has 1 atom stereocenters. The van der Waals surface area contributed by atoms with Crippen LogP contribution in [-0.2, 0) is 4.79 Å². The molecule has 1 fully saturated rings. The van der Waals surface area contributed by atoms with E-state index in [2.05, 4.69) is 27.2 Å². The zero-order valence-corrected chi connectivity index (χ0v) is 16.8. The smallest absolute Gasteiger partial charge is 0.253 e. The first-order valence-corrected chi connectivity index (χ1v) is 10.0. The number of amides is 2. The molecule has 0 saturated carbocycles. The van der Waals surface area contributed by atoms with Gasteiger partial charge in [0, 0.05) is 42.0 Å². The number of carbonyl (C=O) groups is 2. The van der Waals surface area contributed by atoms with Crippen molar-refractivity contribution in [2.75, 3.05) is 23.7 Å². The van der Waals surface area contributed by atoms with Crippen molar-refractivity contribution in [3.05, 3.63) is 72.7 Å². The number of likely N-dealkylation sites (tertiary alicyclic amines) is 1. The summed E-state index contributed by atoms with van der Waals surface area (Å²) in [6.45, 7) is 4.61. The Hall–Kier alpha value is -3.81. The van der Waals surface area contributed by atoms with Gasteiger partial charge in [0.15, 0.2) is 0 Å². The average Bonchev–Trinajstić information content (AvgIpc) is 2.79. The van der Waals surface area contributed by atoms with E-state index in [-0.39, 0.29) is 23.7 Å². The van der Waals surface area contributed by atoms with Crippen LogP contribution >= 0.6 is 0 Å². The van der Waals surface area contributed by atoms with Crippen molar-refractivity contribution < 1.29 is 14.0 Å². The summed E-state index contributed by atoms with van der Waals surface area (Å²) in [7, 11) is 0. The van der Waals surface area contributed by atoms with Crippen molar-refractivity contribution in [2.45, 2.75) is 18.9 Å². The molecular weight excluding hydrogens is 397 g/mol. The SMILES string of the molecule is C=CC(=O)Nc1ccc(C(=O)N2CCCC(Nc3ncc4cc(F)ccc4n3)C2)cc1. The molecule has 0 bridgehead atoms. The maximum atomic E-state index is 13.3. The number of rotatable bonds is 5. The number of nitrogens with one attached hydrogen (secondary N) is 2. The molecule has 1 unspecified atom stereocenters. The topological polar surface area (TPSA) is 87.2 Å². The number of piperidine rings is 1. The Kier molecular flexibility index (Phi) is 5.88. The fraction of sp³-hybridized carbons (Fsp3) is 0.217. The van der Waals surface area contributed by atoms with Crippen LogP contribution in [0.25, 0.3) is 10.9 Å². The van der Waals surface area contributed by atoms with Gasteiger partial charge >= 0.3 is 0 Å². The van der Waals surface area contributed by atoms with Crippen molar-refractivity contribution in [1.82, 2.24) is 14.9 Å². The van der Waals surface area contributed by atoms with Gasteiger partial charge in [-0.05, 0) is 61.4 Å². The van der Waals surface area contributed by atoms with E-state index in [1.165, 1.54) is 18.2 Å². The van der Waals surface area contributed by atoms with E-state index < -0.39 is 0 Å². The third-order valence-corrected chi connectivity index (χ3v) is 5.17. The summed E-state index contributed by atoms with van der Waals surface area (Å²) >= 11 is 0. The quantitative estimate of drug-likeness (QED) is 0.617. The van der Waals surface area contributed by atoms with Gasteiger partial charge in [0.1, 0.15) is 5.82 Å². The van der Waals surface area contributed by atoms with Crippen molar-refractivity contribution in [3.8, 4) is 0 Å². The number of anilines is 2. The molecule has 4 rings (SSSR count). The molecule has 31 heavy (non-hydrogen) atoms. The monoisotopic (exact) mass is 419 g/mol. The second-order valence-corrected chi connectivity index (χ2v) is 7.40. The van der Waals surface area contributed by atoms with Gasteiger partial charge in [-0.2, -0.15) is 0 Å². The Morgan fingerprint density at radius 2 is 2.00 bits per heavy atom. The molecule has 2 aromatic carbocycles. The summed E-state index contributed by atoms with van der Waals surface area (Å²) in [5, 5.41) is 6.59. The Morgan fingerprint density at radius 1 is 1.19 bits per heavy atom. The minimum absolute atomic E-state index is 0.0155. The number of nitrogens with zero attached hydrogens (tertiary/aromatic N) is 3. The zero-order valence-electron chi connectivity index (χ0n) is 16.8. The molecule has 0 radical (unpaired) electrons. The van der Waals surface area contributed by atoms with Gasteiger partial charge in [-0.3, -0.25) is 9.59 Å². The van der Waals surface area contributed by atoms with E-state index in [1.54, 1.807) is 41.4 Å². The summed E-state index contributed by atoms with van der Waals surface area (Å²) in [5.74, 6) is -0.233. The Morgan fingerprint density at radius 3 is 2.77 bits per heavy atom. The summed E-state index contributed by atoms with van der Waals surface area (Å²) in [5.41, 5.74) is 1.82. The van der Waals surface area contributed by atoms with Crippen LogP contribution in [0.4, 0.5) is 16.0 Å². The van der Waals surface area contributed by atoms with Crippen molar-refractivity contribution >= 4 is 34.4 Å². The lowest BCUT2D eigenvalue weighted by Crippen LogP contribution is -2.45. The van der Waals surface area contributed by atoms with Crippen LogP contribution in [0.5, 0.6) is 0 Å².